The summed E-state index contributed by atoms with van der Waals surface area (Å²) >= 11 is 12.4. The number of ketones is 1. The van der Waals surface area contributed by atoms with E-state index in [4.69, 9.17) is 32.7 Å². The number of carbonyl (C=O) groups is 2. The van der Waals surface area contributed by atoms with Crippen molar-refractivity contribution in [3.63, 3.8) is 0 Å². The lowest BCUT2D eigenvalue weighted by atomic mass is 9.73. The maximum absolute atomic E-state index is 13.3. The van der Waals surface area contributed by atoms with E-state index in [9.17, 15) is 9.59 Å². The Balaban J connectivity index is 1.69. The highest BCUT2D eigenvalue weighted by atomic mass is 35.5. The quantitative estimate of drug-likeness (QED) is 0.649. The van der Waals surface area contributed by atoms with Gasteiger partial charge in [-0.3, -0.25) is 9.59 Å². The maximum Gasteiger partial charge on any atom is 0.225 e. The number of methoxy groups -OCH3 is 1. The minimum Gasteiger partial charge on any atom is -0.493 e. The van der Waals surface area contributed by atoms with Gasteiger partial charge in [0.2, 0.25) is 5.91 Å². The van der Waals surface area contributed by atoms with Crippen LogP contribution in [0.25, 0.3) is 0 Å². The molecule has 1 heterocycles. The largest absolute Gasteiger partial charge is 0.493 e. The molecule has 1 aliphatic heterocycles. The van der Waals surface area contributed by atoms with Crippen molar-refractivity contribution in [2.75, 3.05) is 13.7 Å². The summed E-state index contributed by atoms with van der Waals surface area (Å²) in [6.07, 6.45) is 1.10. The van der Waals surface area contributed by atoms with Crippen molar-refractivity contribution in [2.24, 2.45) is 0 Å². The fraction of sp³-hybridized carbons (Fsp3) is 0.333. The molecule has 1 aliphatic carbocycles. The Morgan fingerprint density at radius 3 is 2.55 bits per heavy atom. The molecule has 0 bridgehead atoms. The number of amides is 1. The molecular formula is C24H23Cl2NO4. The average molecular weight is 460 g/mol. The molecule has 2 aromatic rings. The Morgan fingerprint density at radius 1 is 1.03 bits per heavy atom. The van der Waals surface area contributed by atoms with Crippen molar-refractivity contribution in [1.29, 1.82) is 0 Å². The van der Waals surface area contributed by atoms with Crippen molar-refractivity contribution in [3.05, 3.63) is 68.8 Å². The first-order chi connectivity index (χ1) is 14.9. The van der Waals surface area contributed by atoms with E-state index in [1.807, 2.05) is 25.1 Å². The van der Waals surface area contributed by atoms with Crippen molar-refractivity contribution >= 4 is 34.9 Å². The molecule has 0 saturated heterocycles. The van der Waals surface area contributed by atoms with Crippen LogP contribution in [0.1, 0.15) is 49.1 Å². The molecule has 5 nitrogen and oxygen atoms in total. The van der Waals surface area contributed by atoms with Gasteiger partial charge in [0.1, 0.15) is 0 Å². The molecule has 31 heavy (non-hydrogen) atoms. The molecule has 0 saturated carbocycles. The van der Waals surface area contributed by atoms with Gasteiger partial charge in [-0.15, -0.1) is 0 Å². The summed E-state index contributed by atoms with van der Waals surface area (Å²) in [5, 5.41) is 3.91. The van der Waals surface area contributed by atoms with Gasteiger partial charge in [0, 0.05) is 40.1 Å². The molecule has 162 valence electrons. The predicted molar refractivity (Wildman–Crippen MR) is 120 cm³/mol. The molecule has 2 aromatic carbocycles. The standard InChI is InChI=1S/C24H23Cl2NO4/c1-3-31-21-7-4-13(10-22(21)30-2)14-8-19-24(20(28)9-14)17(12-23(29)27-19)16-6-5-15(25)11-18(16)26/h4-7,10-11,14,17H,3,8-9,12H2,1-2H3,(H,27,29)/t14-,17-/m1/s1. The number of rotatable bonds is 5. The van der Waals surface area contributed by atoms with Crippen molar-refractivity contribution in [3.8, 4) is 11.5 Å². The van der Waals surface area contributed by atoms with E-state index >= 15 is 0 Å². The van der Waals surface area contributed by atoms with E-state index in [1.54, 1.807) is 25.3 Å². The summed E-state index contributed by atoms with van der Waals surface area (Å²) in [5.74, 6) is 0.777. The topological polar surface area (TPSA) is 64.6 Å². The SMILES string of the molecule is CCOc1ccc([C@H]2CC(=O)C3=C(C2)NC(=O)C[C@@H]3c2ccc(Cl)cc2Cl)cc1OC. The van der Waals surface area contributed by atoms with E-state index in [0.29, 0.717) is 52.3 Å². The van der Waals surface area contributed by atoms with E-state index in [-0.39, 0.29) is 29.9 Å². The number of allylic oxidation sites excluding steroid dienone is 2. The zero-order valence-corrected chi connectivity index (χ0v) is 18.8. The lowest BCUT2D eigenvalue weighted by Gasteiger charge is -2.35. The minimum atomic E-state index is -0.364. The van der Waals surface area contributed by atoms with Crippen molar-refractivity contribution < 1.29 is 19.1 Å². The van der Waals surface area contributed by atoms with Crippen LogP contribution in [0, 0.1) is 0 Å². The van der Waals surface area contributed by atoms with E-state index < -0.39 is 0 Å². The summed E-state index contributed by atoms with van der Waals surface area (Å²) in [7, 11) is 1.59. The van der Waals surface area contributed by atoms with Gasteiger partial charge in [-0.05, 0) is 54.7 Å². The monoisotopic (exact) mass is 459 g/mol. The van der Waals surface area contributed by atoms with E-state index in [2.05, 4.69) is 5.32 Å². The molecule has 0 radical (unpaired) electrons. The van der Waals surface area contributed by atoms with Crippen LogP contribution >= 0.6 is 23.2 Å². The highest BCUT2D eigenvalue weighted by Crippen LogP contribution is 2.45. The summed E-state index contributed by atoms with van der Waals surface area (Å²) in [6.45, 7) is 2.45. The highest BCUT2D eigenvalue weighted by molar-refractivity contribution is 6.35. The van der Waals surface area contributed by atoms with Gasteiger partial charge in [0.15, 0.2) is 17.3 Å². The highest BCUT2D eigenvalue weighted by Gasteiger charge is 2.39. The second-order valence-electron chi connectivity index (χ2n) is 7.73. The Hall–Kier alpha value is -2.50. The third-order valence-corrected chi connectivity index (χ3v) is 6.40. The second kappa shape index (κ2) is 8.93. The van der Waals surface area contributed by atoms with Gasteiger partial charge in [0.05, 0.1) is 13.7 Å². The maximum atomic E-state index is 13.3. The van der Waals surface area contributed by atoms with Gasteiger partial charge in [-0.25, -0.2) is 0 Å². The first-order valence-electron chi connectivity index (χ1n) is 10.2. The normalized spacial score (nSPS) is 20.9. The molecule has 0 fully saturated rings. The molecule has 0 unspecified atom stereocenters. The smallest absolute Gasteiger partial charge is 0.225 e. The van der Waals surface area contributed by atoms with E-state index in [1.165, 1.54) is 0 Å². The van der Waals surface area contributed by atoms with Crippen LogP contribution in [0.15, 0.2) is 47.7 Å². The number of nitrogens with one attached hydrogen (secondary N) is 1. The van der Waals surface area contributed by atoms with E-state index in [0.717, 1.165) is 11.1 Å². The summed E-state index contributed by atoms with van der Waals surface area (Å²) in [5.41, 5.74) is 3.06. The van der Waals surface area contributed by atoms with Gasteiger partial charge in [0.25, 0.3) is 0 Å². The number of hydrogen-bond acceptors (Lipinski definition) is 4. The second-order valence-corrected chi connectivity index (χ2v) is 8.58. The van der Waals surface area contributed by atoms with Crippen LogP contribution in [0.4, 0.5) is 0 Å². The third-order valence-electron chi connectivity index (χ3n) is 5.83. The Bertz CT molecular complexity index is 1080. The molecule has 0 spiro atoms. The molecule has 0 aromatic heterocycles. The lowest BCUT2D eigenvalue weighted by Crippen LogP contribution is -2.38. The lowest BCUT2D eigenvalue weighted by molar-refractivity contribution is -0.122. The Labute approximate surface area is 191 Å². The molecule has 7 heteroatoms. The van der Waals surface area contributed by atoms with Crippen LogP contribution < -0.4 is 14.8 Å². The fourth-order valence-electron chi connectivity index (χ4n) is 4.46. The molecular weight excluding hydrogens is 437 g/mol. The Kier molecular flexibility index (Phi) is 6.26. The molecule has 1 N–H and O–H groups in total. The fourth-order valence-corrected chi connectivity index (χ4v) is 5.00. The first kappa shape index (κ1) is 21.7. The Morgan fingerprint density at radius 2 is 1.84 bits per heavy atom. The van der Waals surface area contributed by atoms with Crippen LogP contribution in [0.3, 0.4) is 0 Å². The number of hydrogen-bond donors (Lipinski definition) is 1. The minimum absolute atomic E-state index is 0.0233. The summed E-state index contributed by atoms with van der Waals surface area (Å²) in [4.78, 5) is 25.8. The van der Waals surface area contributed by atoms with Crippen LogP contribution in [-0.2, 0) is 9.59 Å². The van der Waals surface area contributed by atoms with Gasteiger partial charge >= 0.3 is 0 Å². The number of benzene rings is 2. The zero-order valence-electron chi connectivity index (χ0n) is 17.3. The number of halogens is 2. The van der Waals surface area contributed by atoms with Crippen LogP contribution in [0.2, 0.25) is 10.0 Å². The van der Waals surface area contributed by atoms with Crippen LogP contribution in [-0.4, -0.2) is 25.4 Å². The summed E-state index contributed by atoms with van der Waals surface area (Å²) in [6, 6.07) is 10.9. The van der Waals surface area contributed by atoms with Gasteiger partial charge < -0.3 is 14.8 Å². The molecule has 1 amide bonds. The number of carbonyl (C=O) groups excluding carboxylic acids is 2. The zero-order chi connectivity index (χ0) is 22.1. The van der Waals surface area contributed by atoms with Gasteiger partial charge in [-0.2, -0.15) is 0 Å². The number of ether oxygens (including phenoxy) is 2. The average Bonchev–Trinajstić information content (AvgIpc) is 2.73. The van der Waals surface area contributed by atoms with Crippen molar-refractivity contribution in [2.45, 2.75) is 38.0 Å². The molecule has 2 atom stereocenters. The third kappa shape index (κ3) is 4.30. The molecule has 4 rings (SSSR count). The number of Topliss-reactive ketones (excluding diaryl/α,β-unsaturated/α-hetero) is 1. The molecule has 2 aliphatic rings. The van der Waals surface area contributed by atoms with Crippen LogP contribution in [0.5, 0.6) is 11.5 Å². The predicted octanol–water partition coefficient (Wildman–Crippen LogP) is 5.41. The summed E-state index contributed by atoms with van der Waals surface area (Å²) < 4.78 is 11.1. The van der Waals surface area contributed by atoms with Gasteiger partial charge in [-0.1, -0.05) is 35.3 Å². The van der Waals surface area contributed by atoms with Crippen molar-refractivity contribution in [1.82, 2.24) is 5.32 Å². The first-order valence-corrected chi connectivity index (χ1v) is 11.0.